The molecule has 24 heavy (non-hydrogen) atoms. The van der Waals surface area contributed by atoms with Crippen LogP contribution in [0.2, 0.25) is 5.02 Å². The maximum Gasteiger partial charge on any atom is 0.273 e. The predicted octanol–water partition coefficient (Wildman–Crippen LogP) is 1.65. The zero-order valence-electron chi connectivity index (χ0n) is 12.8. The number of rotatable bonds is 4. The fourth-order valence-electron chi connectivity index (χ4n) is 2.88. The molecule has 0 saturated carbocycles. The second-order valence-electron chi connectivity index (χ2n) is 5.82. The van der Waals surface area contributed by atoms with Crippen molar-refractivity contribution in [2.75, 3.05) is 26.3 Å². The van der Waals surface area contributed by atoms with Crippen LogP contribution in [0.1, 0.15) is 16.1 Å². The number of aromatic amines is 1. The fraction of sp³-hybridized carbons (Fsp3) is 0.375. The number of aliphatic hydroxyl groups is 1. The molecule has 2 N–H and O–H groups in total. The summed E-state index contributed by atoms with van der Waals surface area (Å²) in [5.74, 6) is -0.661. The SMILES string of the molecule is O=C(c1[nH]ncc1Cl)N1CCO[C@@](CO)(Cc2cccc(F)c2)C1. The van der Waals surface area contributed by atoms with E-state index in [2.05, 4.69) is 10.2 Å². The van der Waals surface area contributed by atoms with Gasteiger partial charge >= 0.3 is 0 Å². The second-order valence-corrected chi connectivity index (χ2v) is 6.22. The number of carbonyl (C=O) groups excluding carboxylic acids is 1. The van der Waals surface area contributed by atoms with E-state index in [4.69, 9.17) is 16.3 Å². The minimum absolute atomic E-state index is 0.175. The van der Waals surface area contributed by atoms with E-state index in [1.165, 1.54) is 18.3 Å². The maximum atomic E-state index is 13.4. The van der Waals surface area contributed by atoms with Crippen molar-refractivity contribution in [3.05, 3.63) is 52.6 Å². The van der Waals surface area contributed by atoms with Gasteiger partial charge in [-0.25, -0.2) is 4.39 Å². The van der Waals surface area contributed by atoms with Crippen molar-refractivity contribution in [1.82, 2.24) is 15.1 Å². The molecular formula is C16H17ClFN3O3. The van der Waals surface area contributed by atoms with E-state index in [0.717, 1.165) is 0 Å². The average Bonchev–Trinajstić information content (AvgIpc) is 3.00. The Hall–Kier alpha value is -1.96. The standard InChI is InChI=1S/C16H17ClFN3O3/c17-13-8-19-20-14(13)15(23)21-4-5-24-16(9-21,10-22)7-11-2-1-3-12(18)6-11/h1-3,6,8,22H,4-5,7,9-10H2,(H,19,20)/t16-/m0/s1. The number of nitrogens with one attached hydrogen (secondary N) is 1. The molecule has 1 amide bonds. The smallest absolute Gasteiger partial charge is 0.273 e. The molecule has 2 heterocycles. The number of hydrogen-bond donors (Lipinski definition) is 2. The first kappa shape index (κ1) is 16.9. The van der Waals surface area contributed by atoms with E-state index >= 15 is 0 Å². The number of carbonyl (C=O) groups is 1. The van der Waals surface area contributed by atoms with Crippen molar-refractivity contribution in [2.24, 2.45) is 0 Å². The van der Waals surface area contributed by atoms with Crippen molar-refractivity contribution in [2.45, 2.75) is 12.0 Å². The van der Waals surface area contributed by atoms with E-state index in [1.807, 2.05) is 0 Å². The Morgan fingerprint density at radius 3 is 3.04 bits per heavy atom. The Balaban J connectivity index is 1.79. The number of benzene rings is 1. The summed E-state index contributed by atoms with van der Waals surface area (Å²) in [6.45, 7) is 0.532. The lowest BCUT2D eigenvalue weighted by atomic mass is 9.93. The van der Waals surface area contributed by atoms with Crippen LogP contribution in [0, 0.1) is 5.82 Å². The molecule has 0 radical (unpaired) electrons. The lowest BCUT2D eigenvalue weighted by Gasteiger charge is -2.41. The zero-order chi connectivity index (χ0) is 17.2. The van der Waals surface area contributed by atoms with Crippen LogP contribution in [-0.4, -0.2) is 58.0 Å². The third-order valence-corrected chi connectivity index (χ3v) is 4.33. The number of hydrogen-bond acceptors (Lipinski definition) is 4. The highest BCUT2D eigenvalue weighted by Gasteiger charge is 2.39. The molecule has 1 saturated heterocycles. The number of aromatic nitrogens is 2. The van der Waals surface area contributed by atoms with Crippen molar-refractivity contribution in [3.63, 3.8) is 0 Å². The van der Waals surface area contributed by atoms with Crippen LogP contribution in [-0.2, 0) is 11.2 Å². The minimum atomic E-state index is -0.978. The van der Waals surface area contributed by atoms with Crippen LogP contribution in [0.3, 0.4) is 0 Å². The normalized spacial score (nSPS) is 21.0. The van der Waals surface area contributed by atoms with Gasteiger partial charge in [0.2, 0.25) is 0 Å². The van der Waals surface area contributed by atoms with Gasteiger partial charge in [0.15, 0.2) is 0 Å². The number of nitrogens with zero attached hydrogens (tertiary/aromatic N) is 2. The van der Waals surface area contributed by atoms with Gasteiger partial charge in [0.25, 0.3) is 5.91 Å². The van der Waals surface area contributed by atoms with Gasteiger partial charge in [-0.1, -0.05) is 23.7 Å². The molecule has 1 fully saturated rings. The summed E-state index contributed by atoms with van der Waals surface area (Å²) in [4.78, 5) is 14.1. The fourth-order valence-corrected chi connectivity index (χ4v) is 3.05. The Morgan fingerprint density at radius 2 is 2.38 bits per heavy atom. The number of ether oxygens (including phenoxy) is 1. The van der Waals surface area contributed by atoms with E-state index in [9.17, 15) is 14.3 Å². The van der Waals surface area contributed by atoms with Gasteiger partial charge in [0.05, 0.1) is 31.0 Å². The lowest BCUT2D eigenvalue weighted by Crippen LogP contribution is -2.56. The van der Waals surface area contributed by atoms with Crippen LogP contribution >= 0.6 is 11.6 Å². The molecule has 0 spiro atoms. The van der Waals surface area contributed by atoms with E-state index < -0.39 is 5.60 Å². The number of morpholine rings is 1. The summed E-state index contributed by atoms with van der Waals surface area (Å²) >= 11 is 5.94. The molecule has 0 aliphatic carbocycles. The molecular weight excluding hydrogens is 337 g/mol. The van der Waals surface area contributed by atoms with Gasteiger partial charge in [0.1, 0.15) is 17.1 Å². The van der Waals surface area contributed by atoms with Crippen LogP contribution in [0.25, 0.3) is 0 Å². The highest BCUT2D eigenvalue weighted by atomic mass is 35.5. The number of aliphatic hydroxyl groups excluding tert-OH is 1. The van der Waals surface area contributed by atoms with Gasteiger partial charge in [-0.2, -0.15) is 5.10 Å². The highest BCUT2D eigenvalue weighted by Crippen LogP contribution is 2.25. The van der Waals surface area contributed by atoms with E-state index in [-0.39, 0.29) is 42.2 Å². The summed E-state index contributed by atoms with van der Waals surface area (Å²) < 4.78 is 19.2. The Morgan fingerprint density at radius 1 is 1.54 bits per heavy atom. The van der Waals surface area contributed by atoms with Gasteiger partial charge in [-0.3, -0.25) is 9.89 Å². The average molecular weight is 354 g/mol. The summed E-state index contributed by atoms with van der Waals surface area (Å²) in [5.41, 5.74) is -0.0807. The van der Waals surface area contributed by atoms with E-state index in [1.54, 1.807) is 17.0 Å². The largest absolute Gasteiger partial charge is 0.393 e. The summed E-state index contributed by atoms with van der Waals surface area (Å²) in [5, 5.41) is 16.4. The molecule has 128 valence electrons. The third-order valence-electron chi connectivity index (χ3n) is 4.05. The first-order chi connectivity index (χ1) is 11.5. The molecule has 0 bridgehead atoms. The summed E-state index contributed by atoms with van der Waals surface area (Å²) in [6, 6.07) is 6.11. The minimum Gasteiger partial charge on any atom is -0.393 e. The number of H-pyrrole nitrogens is 1. The Kier molecular flexibility index (Phi) is 4.84. The zero-order valence-corrected chi connectivity index (χ0v) is 13.6. The van der Waals surface area contributed by atoms with Crippen molar-refractivity contribution < 1.29 is 19.0 Å². The summed E-state index contributed by atoms with van der Waals surface area (Å²) in [6.07, 6.45) is 1.66. The first-order valence-corrected chi connectivity index (χ1v) is 7.88. The molecule has 1 aliphatic rings. The monoisotopic (exact) mass is 353 g/mol. The van der Waals surface area contributed by atoms with Crippen LogP contribution in [0.15, 0.2) is 30.5 Å². The van der Waals surface area contributed by atoms with Crippen LogP contribution in [0.5, 0.6) is 0 Å². The third kappa shape index (κ3) is 3.43. The van der Waals surface area contributed by atoms with Gasteiger partial charge in [-0.05, 0) is 17.7 Å². The van der Waals surface area contributed by atoms with Crippen molar-refractivity contribution >= 4 is 17.5 Å². The van der Waals surface area contributed by atoms with Gasteiger partial charge < -0.3 is 14.7 Å². The first-order valence-electron chi connectivity index (χ1n) is 7.50. The van der Waals surface area contributed by atoms with Gasteiger partial charge in [-0.15, -0.1) is 0 Å². The molecule has 8 heteroatoms. The van der Waals surface area contributed by atoms with Crippen LogP contribution in [0.4, 0.5) is 4.39 Å². The molecule has 1 aromatic heterocycles. The molecule has 1 aliphatic heterocycles. The van der Waals surface area contributed by atoms with E-state index in [0.29, 0.717) is 18.5 Å². The summed E-state index contributed by atoms with van der Waals surface area (Å²) in [7, 11) is 0. The van der Waals surface area contributed by atoms with Crippen LogP contribution < -0.4 is 0 Å². The maximum absolute atomic E-state index is 13.4. The molecule has 6 nitrogen and oxygen atoms in total. The quantitative estimate of drug-likeness (QED) is 0.876. The van der Waals surface area contributed by atoms with Crippen molar-refractivity contribution in [3.8, 4) is 0 Å². The number of halogens is 2. The van der Waals surface area contributed by atoms with Crippen molar-refractivity contribution in [1.29, 1.82) is 0 Å². The highest BCUT2D eigenvalue weighted by molar-refractivity contribution is 6.33. The molecule has 1 atom stereocenters. The molecule has 1 aromatic carbocycles. The Labute approximate surface area is 143 Å². The topological polar surface area (TPSA) is 78.5 Å². The predicted molar refractivity (Wildman–Crippen MR) is 85.4 cm³/mol. The molecule has 0 unspecified atom stereocenters. The lowest BCUT2D eigenvalue weighted by molar-refractivity contribution is -0.123. The Bertz CT molecular complexity index is 739. The molecule has 2 aromatic rings. The van der Waals surface area contributed by atoms with Gasteiger partial charge in [0, 0.05) is 13.0 Å². The molecule has 3 rings (SSSR count). The second kappa shape index (κ2) is 6.88. The number of amides is 1.